The zero-order valence-corrected chi connectivity index (χ0v) is 18.1. The summed E-state index contributed by atoms with van der Waals surface area (Å²) >= 11 is 0. The van der Waals surface area contributed by atoms with Crippen molar-refractivity contribution in [3.05, 3.63) is 29.6 Å². The van der Waals surface area contributed by atoms with Crippen molar-refractivity contribution in [1.82, 2.24) is 14.5 Å². The Morgan fingerprint density at radius 3 is 2.63 bits per heavy atom. The molecule has 2 aliphatic rings. The second-order valence-electron chi connectivity index (χ2n) is 7.76. The molecule has 0 aromatic heterocycles. The molecule has 0 spiro atoms. The van der Waals surface area contributed by atoms with E-state index in [1.807, 2.05) is 0 Å². The smallest absolute Gasteiger partial charge is 0.254 e. The van der Waals surface area contributed by atoms with Crippen LogP contribution in [0.4, 0.5) is 4.39 Å². The van der Waals surface area contributed by atoms with Gasteiger partial charge in [0.2, 0.25) is 15.9 Å². The fourth-order valence-electron chi connectivity index (χ4n) is 4.33. The highest BCUT2D eigenvalue weighted by Gasteiger charge is 2.40. The van der Waals surface area contributed by atoms with Gasteiger partial charge in [-0.3, -0.25) is 9.59 Å². The highest BCUT2D eigenvalue weighted by molar-refractivity contribution is 7.88. The van der Waals surface area contributed by atoms with E-state index in [1.54, 1.807) is 0 Å². The van der Waals surface area contributed by atoms with Crippen LogP contribution in [0.25, 0.3) is 0 Å². The lowest BCUT2D eigenvalue weighted by molar-refractivity contribution is -0.125. The number of ether oxygens (including phenoxy) is 1. The number of hydrogen-bond acceptors (Lipinski definition) is 5. The van der Waals surface area contributed by atoms with Gasteiger partial charge in [0, 0.05) is 37.8 Å². The zero-order valence-electron chi connectivity index (χ0n) is 17.3. The molecule has 1 N–H and O–H groups in total. The molecule has 2 fully saturated rings. The summed E-state index contributed by atoms with van der Waals surface area (Å²) < 4.78 is 45.1. The number of rotatable bonds is 3. The number of fused-ring (bicyclic) bond motifs is 1. The Bertz CT molecular complexity index is 908. The Morgan fingerprint density at radius 2 is 1.97 bits per heavy atom. The second-order valence-corrected chi connectivity index (χ2v) is 9.70. The summed E-state index contributed by atoms with van der Waals surface area (Å²) in [6.07, 6.45) is 3.69. The molecule has 1 saturated heterocycles. The molecule has 1 aromatic carbocycles. The van der Waals surface area contributed by atoms with Crippen LogP contribution in [0.5, 0.6) is 5.75 Å². The Labute approximate surface area is 176 Å². The first-order chi connectivity index (χ1) is 14.2. The average Bonchev–Trinajstić information content (AvgIpc) is 3.16. The number of methoxy groups -OCH3 is 1. The van der Waals surface area contributed by atoms with Gasteiger partial charge in [0.15, 0.2) is 11.6 Å². The Hall–Kier alpha value is -2.20. The van der Waals surface area contributed by atoms with Crippen molar-refractivity contribution in [2.24, 2.45) is 5.92 Å². The van der Waals surface area contributed by atoms with Crippen LogP contribution in [-0.2, 0) is 14.8 Å². The average molecular weight is 442 g/mol. The minimum absolute atomic E-state index is 0.0478. The van der Waals surface area contributed by atoms with Gasteiger partial charge in [-0.2, -0.15) is 4.31 Å². The van der Waals surface area contributed by atoms with Gasteiger partial charge in [0.05, 0.1) is 19.3 Å². The molecule has 166 valence electrons. The van der Waals surface area contributed by atoms with Crippen molar-refractivity contribution in [2.75, 3.05) is 39.5 Å². The maximum Gasteiger partial charge on any atom is 0.254 e. The van der Waals surface area contributed by atoms with Crippen LogP contribution in [0.2, 0.25) is 0 Å². The first kappa shape index (κ1) is 22.5. The van der Waals surface area contributed by atoms with E-state index in [9.17, 15) is 22.4 Å². The number of nitrogens with zero attached hydrogens (tertiary/aromatic N) is 2. The topological polar surface area (TPSA) is 96.0 Å². The van der Waals surface area contributed by atoms with Crippen LogP contribution in [0.3, 0.4) is 0 Å². The SMILES string of the molecule is COc1ccc(C(=O)N2CCCN(S(C)(=O)=O)[C@H]3CCC[C@H]3C(=O)NCC2)cc1F. The highest BCUT2D eigenvalue weighted by Crippen LogP contribution is 2.32. The first-order valence-corrected chi connectivity index (χ1v) is 11.9. The molecule has 3 rings (SSSR count). The predicted molar refractivity (Wildman–Crippen MR) is 109 cm³/mol. The highest BCUT2D eigenvalue weighted by atomic mass is 32.2. The third-order valence-corrected chi connectivity index (χ3v) is 7.09. The minimum Gasteiger partial charge on any atom is -0.494 e. The largest absolute Gasteiger partial charge is 0.494 e. The van der Waals surface area contributed by atoms with Crippen molar-refractivity contribution in [3.63, 3.8) is 0 Å². The van der Waals surface area contributed by atoms with Gasteiger partial charge in [0.1, 0.15) is 0 Å². The molecular weight excluding hydrogens is 413 g/mol. The normalized spacial score (nSPS) is 24.0. The van der Waals surface area contributed by atoms with Crippen molar-refractivity contribution in [3.8, 4) is 5.75 Å². The van der Waals surface area contributed by atoms with E-state index in [1.165, 1.54) is 28.4 Å². The molecule has 2 atom stereocenters. The van der Waals surface area contributed by atoms with Crippen LogP contribution in [0.1, 0.15) is 36.0 Å². The quantitative estimate of drug-likeness (QED) is 0.761. The molecule has 0 radical (unpaired) electrons. The van der Waals surface area contributed by atoms with Crippen LogP contribution in [0.15, 0.2) is 18.2 Å². The summed E-state index contributed by atoms with van der Waals surface area (Å²) in [6.45, 7) is 1.04. The predicted octanol–water partition coefficient (Wildman–Crippen LogP) is 1.23. The van der Waals surface area contributed by atoms with Crippen molar-refractivity contribution in [1.29, 1.82) is 0 Å². The Kier molecular flexibility index (Phi) is 6.97. The fraction of sp³-hybridized carbons (Fsp3) is 0.600. The second kappa shape index (κ2) is 9.30. The van der Waals surface area contributed by atoms with E-state index in [-0.39, 0.29) is 54.7 Å². The lowest BCUT2D eigenvalue weighted by Gasteiger charge is -2.30. The molecule has 1 saturated carbocycles. The molecular formula is C20H28FN3O5S. The lowest BCUT2D eigenvalue weighted by Crippen LogP contribution is -2.47. The molecule has 0 unspecified atom stereocenters. The van der Waals surface area contributed by atoms with Crippen molar-refractivity contribution >= 4 is 21.8 Å². The number of benzene rings is 1. The van der Waals surface area contributed by atoms with E-state index in [4.69, 9.17) is 4.74 Å². The molecule has 1 heterocycles. The van der Waals surface area contributed by atoms with Crippen LogP contribution < -0.4 is 10.1 Å². The zero-order chi connectivity index (χ0) is 21.9. The van der Waals surface area contributed by atoms with E-state index in [2.05, 4.69) is 5.32 Å². The number of amides is 2. The Balaban J connectivity index is 1.80. The minimum atomic E-state index is -3.50. The third kappa shape index (κ3) is 4.92. The van der Waals surface area contributed by atoms with Gasteiger partial charge in [-0.05, 0) is 37.5 Å². The Morgan fingerprint density at radius 1 is 1.20 bits per heavy atom. The summed E-state index contributed by atoms with van der Waals surface area (Å²) in [5.74, 6) is -1.53. The molecule has 30 heavy (non-hydrogen) atoms. The number of nitrogens with one attached hydrogen (secondary N) is 1. The molecule has 1 aliphatic carbocycles. The van der Waals surface area contributed by atoms with Crippen LogP contribution in [-0.4, -0.2) is 75.0 Å². The number of carbonyl (C=O) groups is 2. The van der Waals surface area contributed by atoms with Gasteiger partial charge in [0.25, 0.3) is 5.91 Å². The van der Waals surface area contributed by atoms with E-state index in [0.29, 0.717) is 25.8 Å². The van der Waals surface area contributed by atoms with E-state index in [0.717, 1.165) is 18.7 Å². The van der Waals surface area contributed by atoms with Gasteiger partial charge in [-0.15, -0.1) is 0 Å². The van der Waals surface area contributed by atoms with Gasteiger partial charge in [-0.1, -0.05) is 6.42 Å². The summed E-state index contributed by atoms with van der Waals surface area (Å²) in [5, 5.41) is 2.84. The van der Waals surface area contributed by atoms with E-state index >= 15 is 0 Å². The summed E-state index contributed by atoms with van der Waals surface area (Å²) in [7, 11) is -2.15. The molecule has 10 heteroatoms. The van der Waals surface area contributed by atoms with Gasteiger partial charge < -0.3 is 15.0 Å². The molecule has 8 nitrogen and oxygen atoms in total. The molecule has 1 aliphatic heterocycles. The van der Waals surface area contributed by atoms with Crippen molar-refractivity contribution < 1.29 is 27.1 Å². The number of sulfonamides is 1. The standard InChI is InChI=1S/C20H28FN3O5S/c1-29-18-8-7-14(13-16(18)21)20(26)23-10-4-11-24(30(2,27)28)17-6-3-5-15(17)19(25)22-9-12-23/h7-8,13,15,17H,3-6,9-12H2,1-2H3,(H,22,25)/t15-,17+/m1/s1. The first-order valence-electron chi connectivity index (χ1n) is 10.1. The number of halogens is 1. The van der Waals surface area contributed by atoms with Crippen LogP contribution >= 0.6 is 0 Å². The van der Waals surface area contributed by atoms with E-state index < -0.39 is 15.8 Å². The summed E-state index contributed by atoms with van der Waals surface area (Å²) in [4.78, 5) is 27.1. The summed E-state index contributed by atoms with van der Waals surface area (Å²) in [5.41, 5.74) is 0.173. The lowest BCUT2D eigenvalue weighted by atomic mass is 10.0. The summed E-state index contributed by atoms with van der Waals surface area (Å²) in [6, 6.07) is 3.65. The van der Waals surface area contributed by atoms with Gasteiger partial charge >= 0.3 is 0 Å². The number of hydrogen-bond donors (Lipinski definition) is 1. The maximum absolute atomic E-state index is 14.0. The third-order valence-electron chi connectivity index (χ3n) is 5.79. The van der Waals surface area contributed by atoms with Gasteiger partial charge in [-0.25, -0.2) is 12.8 Å². The van der Waals surface area contributed by atoms with Crippen LogP contribution in [0, 0.1) is 11.7 Å². The fourth-order valence-corrected chi connectivity index (χ4v) is 5.53. The molecule has 0 bridgehead atoms. The maximum atomic E-state index is 14.0. The van der Waals surface area contributed by atoms with Crippen molar-refractivity contribution in [2.45, 2.75) is 31.7 Å². The number of carbonyl (C=O) groups excluding carboxylic acids is 2. The molecule has 2 amide bonds. The molecule has 1 aromatic rings. The monoisotopic (exact) mass is 441 g/mol.